The predicted octanol–water partition coefficient (Wildman–Crippen LogP) is 3.90. The van der Waals surface area contributed by atoms with Crippen molar-refractivity contribution in [3.05, 3.63) is 21.9 Å². The maximum atomic E-state index is 3.63. The van der Waals surface area contributed by atoms with Crippen molar-refractivity contribution in [1.29, 1.82) is 0 Å². The van der Waals surface area contributed by atoms with E-state index in [1.165, 1.54) is 36.8 Å². The summed E-state index contributed by atoms with van der Waals surface area (Å²) in [4.78, 5) is 0. The molecule has 0 aromatic carbocycles. The highest BCUT2D eigenvalue weighted by atomic mass is 32.1. The smallest absolute Gasteiger partial charge is 0.0333 e. The minimum atomic E-state index is 0.603. The maximum absolute atomic E-state index is 3.63. The molecule has 1 aromatic heterocycles. The van der Waals surface area contributed by atoms with Crippen molar-refractivity contribution in [1.82, 2.24) is 5.32 Å². The van der Waals surface area contributed by atoms with Crippen molar-refractivity contribution in [3.8, 4) is 0 Å². The van der Waals surface area contributed by atoms with Crippen molar-refractivity contribution in [2.45, 2.75) is 45.6 Å². The van der Waals surface area contributed by atoms with Gasteiger partial charge in [0.15, 0.2) is 0 Å². The van der Waals surface area contributed by atoms with E-state index in [9.17, 15) is 0 Å². The zero-order valence-corrected chi connectivity index (χ0v) is 10.6. The standard InChI is InChI=1S/C13H21NS/c1-3-14-13(7-11-5-4-6-11)12-9-15-8-10(12)2/h8-9,11,13-14H,3-7H2,1-2H3. The molecule has 0 radical (unpaired) electrons. The summed E-state index contributed by atoms with van der Waals surface area (Å²) < 4.78 is 0. The van der Waals surface area contributed by atoms with E-state index in [0.29, 0.717) is 6.04 Å². The monoisotopic (exact) mass is 223 g/mol. The lowest BCUT2D eigenvalue weighted by Gasteiger charge is -2.30. The van der Waals surface area contributed by atoms with Crippen molar-refractivity contribution < 1.29 is 0 Å². The lowest BCUT2D eigenvalue weighted by atomic mass is 9.79. The first-order chi connectivity index (χ1) is 7.31. The largest absolute Gasteiger partial charge is 0.310 e. The Morgan fingerprint density at radius 3 is 2.73 bits per heavy atom. The molecule has 0 aliphatic heterocycles. The third-order valence-corrected chi connectivity index (χ3v) is 4.39. The molecular weight excluding hydrogens is 202 g/mol. The van der Waals surface area contributed by atoms with Gasteiger partial charge in [0.05, 0.1) is 0 Å². The number of aryl methyl sites for hydroxylation is 1. The summed E-state index contributed by atoms with van der Waals surface area (Å²) in [6.07, 6.45) is 5.69. The molecule has 2 rings (SSSR count). The quantitative estimate of drug-likeness (QED) is 0.798. The normalized spacial score (nSPS) is 18.8. The summed E-state index contributed by atoms with van der Waals surface area (Å²) in [5.41, 5.74) is 3.00. The molecule has 1 N–H and O–H groups in total. The van der Waals surface area contributed by atoms with Gasteiger partial charge in [-0.3, -0.25) is 0 Å². The second-order valence-corrected chi connectivity index (χ2v) is 5.40. The summed E-state index contributed by atoms with van der Waals surface area (Å²) in [6.45, 7) is 5.51. The van der Waals surface area contributed by atoms with Crippen LogP contribution in [0.3, 0.4) is 0 Å². The van der Waals surface area contributed by atoms with Gasteiger partial charge in [0, 0.05) is 6.04 Å². The van der Waals surface area contributed by atoms with Gasteiger partial charge < -0.3 is 5.32 Å². The lowest BCUT2D eigenvalue weighted by Crippen LogP contribution is -2.26. The molecule has 1 heterocycles. The van der Waals surface area contributed by atoms with E-state index in [4.69, 9.17) is 0 Å². The van der Waals surface area contributed by atoms with Crippen molar-refractivity contribution >= 4 is 11.3 Å². The molecule has 1 aliphatic carbocycles. The molecule has 1 saturated carbocycles. The Labute approximate surface area is 96.9 Å². The fourth-order valence-electron chi connectivity index (χ4n) is 2.36. The third kappa shape index (κ3) is 2.61. The van der Waals surface area contributed by atoms with Crippen LogP contribution in [0.15, 0.2) is 10.8 Å². The van der Waals surface area contributed by atoms with Gasteiger partial charge in [-0.1, -0.05) is 26.2 Å². The van der Waals surface area contributed by atoms with E-state index in [1.807, 2.05) is 11.3 Å². The number of hydrogen-bond donors (Lipinski definition) is 1. The maximum Gasteiger partial charge on any atom is 0.0333 e. The van der Waals surface area contributed by atoms with Gasteiger partial charge in [-0.05, 0) is 47.7 Å². The minimum absolute atomic E-state index is 0.603. The highest BCUT2D eigenvalue weighted by Crippen LogP contribution is 2.36. The first kappa shape index (κ1) is 11.2. The molecule has 84 valence electrons. The molecule has 0 spiro atoms. The van der Waals surface area contributed by atoms with Gasteiger partial charge in [0.25, 0.3) is 0 Å². The Hall–Kier alpha value is -0.340. The summed E-state index contributed by atoms with van der Waals surface area (Å²) in [7, 11) is 0. The van der Waals surface area contributed by atoms with Gasteiger partial charge in [-0.25, -0.2) is 0 Å². The lowest BCUT2D eigenvalue weighted by molar-refractivity contribution is 0.262. The average molecular weight is 223 g/mol. The van der Waals surface area contributed by atoms with Gasteiger partial charge in [0.2, 0.25) is 0 Å². The Morgan fingerprint density at radius 2 is 2.27 bits per heavy atom. The molecule has 0 saturated heterocycles. The highest BCUT2D eigenvalue weighted by Gasteiger charge is 2.23. The molecule has 0 bridgehead atoms. The second-order valence-electron chi connectivity index (χ2n) is 4.65. The van der Waals surface area contributed by atoms with Crippen molar-refractivity contribution in [2.24, 2.45) is 5.92 Å². The van der Waals surface area contributed by atoms with E-state index < -0.39 is 0 Å². The minimum Gasteiger partial charge on any atom is -0.310 e. The predicted molar refractivity (Wildman–Crippen MR) is 67.4 cm³/mol. The highest BCUT2D eigenvalue weighted by molar-refractivity contribution is 7.08. The molecule has 0 amide bonds. The number of thiophene rings is 1. The number of hydrogen-bond acceptors (Lipinski definition) is 2. The summed E-state index contributed by atoms with van der Waals surface area (Å²) >= 11 is 1.83. The van der Waals surface area contributed by atoms with Crippen LogP contribution in [0.5, 0.6) is 0 Å². The van der Waals surface area contributed by atoms with Crippen LogP contribution < -0.4 is 5.32 Å². The fourth-order valence-corrected chi connectivity index (χ4v) is 3.26. The topological polar surface area (TPSA) is 12.0 Å². The Morgan fingerprint density at radius 1 is 1.47 bits per heavy atom. The number of rotatable bonds is 5. The fraction of sp³-hybridized carbons (Fsp3) is 0.692. The van der Waals surface area contributed by atoms with Gasteiger partial charge in [-0.15, -0.1) is 0 Å². The zero-order valence-electron chi connectivity index (χ0n) is 9.75. The third-order valence-electron chi connectivity index (χ3n) is 3.51. The zero-order chi connectivity index (χ0) is 10.7. The summed E-state index contributed by atoms with van der Waals surface area (Å²) in [5, 5.41) is 8.22. The Balaban J connectivity index is 2.01. The van der Waals surface area contributed by atoms with Crippen LogP contribution >= 0.6 is 11.3 Å². The molecule has 15 heavy (non-hydrogen) atoms. The van der Waals surface area contributed by atoms with E-state index in [2.05, 4.69) is 29.9 Å². The first-order valence-corrected chi connectivity index (χ1v) is 7.01. The van der Waals surface area contributed by atoms with Gasteiger partial charge in [0.1, 0.15) is 0 Å². The van der Waals surface area contributed by atoms with E-state index >= 15 is 0 Å². The summed E-state index contributed by atoms with van der Waals surface area (Å²) in [6, 6.07) is 0.603. The van der Waals surface area contributed by atoms with Gasteiger partial charge in [-0.2, -0.15) is 11.3 Å². The van der Waals surface area contributed by atoms with Crippen molar-refractivity contribution in [2.75, 3.05) is 6.54 Å². The van der Waals surface area contributed by atoms with Crippen LogP contribution in [-0.4, -0.2) is 6.54 Å². The van der Waals surface area contributed by atoms with Crippen LogP contribution in [-0.2, 0) is 0 Å². The van der Waals surface area contributed by atoms with E-state index in [0.717, 1.165) is 12.5 Å². The first-order valence-electron chi connectivity index (χ1n) is 6.07. The van der Waals surface area contributed by atoms with E-state index in [1.54, 1.807) is 0 Å². The molecule has 2 heteroatoms. The number of nitrogens with one attached hydrogen (secondary N) is 1. The van der Waals surface area contributed by atoms with Crippen LogP contribution in [0.25, 0.3) is 0 Å². The molecule has 1 nitrogen and oxygen atoms in total. The van der Waals surface area contributed by atoms with E-state index in [-0.39, 0.29) is 0 Å². The summed E-state index contributed by atoms with van der Waals surface area (Å²) in [5.74, 6) is 0.980. The SMILES string of the molecule is CCNC(CC1CCC1)c1cscc1C. The van der Waals surface area contributed by atoms with Crippen LogP contribution in [0.1, 0.15) is 49.8 Å². The molecular formula is C13H21NS. The molecule has 1 fully saturated rings. The molecule has 1 atom stereocenters. The van der Waals surface area contributed by atoms with Crippen LogP contribution in [0.2, 0.25) is 0 Å². The van der Waals surface area contributed by atoms with Crippen molar-refractivity contribution in [3.63, 3.8) is 0 Å². The average Bonchev–Trinajstić information content (AvgIpc) is 2.56. The Kier molecular flexibility index (Phi) is 3.81. The molecule has 1 unspecified atom stereocenters. The van der Waals surface area contributed by atoms with Gasteiger partial charge >= 0.3 is 0 Å². The molecule has 1 aliphatic rings. The Bertz CT molecular complexity index is 301. The van der Waals surface area contributed by atoms with Crippen LogP contribution in [0.4, 0.5) is 0 Å². The second kappa shape index (κ2) is 5.13. The molecule has 1 aromatic rings. The van der Waals surface area contributed by atoms with Crippen LogP contribution in [0, 0.1) is 12.8 Å².